The maximum absolute atomic E-state index is 13.9. The Hall–Kier alpha value is -4.63. The summed E-state index contributed by atoms with van der Waals surface area (Å²) >= 11 is 1.25. The van der Waals surface area contributed by atoms with E-state index in [1.807, 2.05) is 50.3 Å². The average Bonchev–Trinajstić information content (AvgIpc) is 3.38. The number of halogens is 1. The van der Waals surface area contributed by atoms with Gasteiger partial charge in [0.25, 0.3) is 5.91 Å². The van der Waals surface area contributed by atoms with Gasteiger partial charge in [0.1, 0.15) is 18.2 Å². The van der Waals surface area contributed by atoms with E-state index < -0.39 is 5.97 Å². The van der Waals surface area contributed by atoms with Crippen LogP contribution in [0.3, 0.4) is 0 Å². The third-order valence-corrected chi connectivity index (χ3v) is 8.02. The minimum Gasteiger partial charge on any atom is -0.489 e. The monoisotopic (exact) mass is 569 g/mol. The number of hydrogen-bond donors (Lipinski definition) is 1. The maximum atomic E-state index is 13.9. The molecule has 5 rings (SSSR count). The molecule has 7 nitrogen and oxygen atoms in total. The van der Waals surface area contributed by atoms with E-state index in [1.165, 1.54) is 28.8 Å². The minimum absolute atomic E-state index is 0.140. The van der Waals surface area contributed by atoms with E-state index >= 15 is 0 Å². The highest BCUT2D eigenvalue weighted by atomic mass is 32.2. The zero-order chi connectivity index (χ0) is 29.3. The number of carbonyl (C=O) groups is 2. The van der Waals surface area contributed by atoms with E-state index in [2.05, 4.69) is 9.56 Å². The van der Waals surface area contributed by atoms with Crippen LogP contribution in [0.15, 0.2) is 82.7 Å². The number of carbonyl (C=O) groups excluding carboxylic acids is 1. The van der Waals surface area contributed by atoms with Crippen LogP contribution in [-0.4, -0.2) is 38.7 Å². The van der Waals surface area contributed by atoms with Crippen LogP contribution in [0.5, 0.6) is 5.75 Å². The molecule has 0 aliphatic carbocycles. The quantitative estimate of drug-likeness (QED) is 0.241. The number of carboxylic acids is 1. The summed E-state index contributed by atoms with van der Waals surface area (Å²) in [4.78, 5) is 31.2. The van der Waals surface area contributed by atoms with Gasteiger partial charge >= 0.3 is 5.97 Å². The molecular weight excluding hydrogens is 541 g/mol. The van der Waals surface area contributed by atoms with Crippen molar-refractivity contribution in [2.75, 3.05) is 7.05 Å². The number of aromatic carboxylic acids is 1. The predicted octanol–water partition coefficient (Wildman–Crippen LogP) is 7.05. The zero-order valence-electron chi connectivity index (χ0n) is 23.0. The molecule has 1 aromatic heterocycles. The van der Waals surface area contributed by atoms with Gasteiger partial charge in [-0.1, -0.05) is 24.3 Å². The summed E-state index contributed by atoms with van der Waals surface area (Å²) in [6.45, 7) is 5.84. The smallest absolute Gasteiger partial charge is 0.336 e. The van der Waals surface area contributed by atoms with Crippen molar-refractivity contribution in [3.8, 4) is 11.4 Å². The SMILES string of the molecule is Cc1c(N=C2S/C(=C\c3cc(C)n(-c4ccc(OCc5ccccc5F)cc4)c3C)C(=O)N2C)cccc1C(=O)O. The van der Waals surface area contributed by atoms with Crippen LogP contribution in [0.1, 0.15) is 38.4 Å². The third-order valence-electron chi connectivity index (χ3n) is 6.96. The van der Waals surface area contributed by atoms with Crippen molar-refractivity contribution in [3.63, 3.8) is 0 Å². The number of carboxylic acid groups (broad SMARTS) is 1. The van der Waals surface area contributed by atoms with Gasteiger partial charge < -0.3 is 14.4 Å². The second-order valence-corrected chi connectivity index (χ2v) is 10.7. The lowest BCUT2D eigenvalue weighted by Gasteiger charge is -2.12. The van der Waals surface area contributed by atoms with Crippen LogP contribution >= 0.6 is 11.8 Å². The number of ether oxygens (including phenoxy) is 1. The van der Waals surface area contributed by atoms with E-state index in [0.29, 0.717) is 32.6 Å². The zero-order valence-corrected chi connectivity index (χ0v) is 23.8. The number of nitrogens with zero attached hydrogens (tertiary/aromatic N) is 3. The number of rotatable bonds is 7. The molecule has 4 aromatic rings. The molecule has 41 heavy (non-hydrogen) atoms. The number of thioether (sulfide) groups is 1. The Morgan fingerprint density at radius 2 is 1.78 bits per heavy atom. The fourth-order valence-electron chi connectivity index (χ4n) is 4.67. The van der Waals surface area contributed by atoms with Crippen molar-refractivity contribution in [1.29, 1.82) is 0 Å². The molecule has 1 aliphatic rings. The molecule has 9 heteroatoms. The van der Waals surface area contributed by atoms with Crippen molar-refractivity contribution < 1.29 is 23.8 Å². The summed E-state index contributed by atoms with van der Waals surface area (Å²) in [5, 5.41) is 9.90. The first-order valence-corrected chi connectivity index (χ1v) is 13.7. The number of aryl methyl sites for hydroxylation is 1. The molecule has 2 heterocycles. The number of amides is 1. The number of aromatic nitrogens is 1. The van der Waals surface area contributed by atoms with Gasteiger partial charge in [0.15, 0.2) is 5.17 Å². The average molecular weight is 570 g/mol. The van der Waals surface area contributed by atoms with Gasteiger partial charge in [-0.2, -0.15) is 0 Å². The molecule has 0 atom stereocenters. The lowest BCUT2D eigenvalue weighted by atomic mass is 10.1. The Morgan fingerprint density at radius 3 is 2.49 bits per heavy atom. The van der Waals surface area contributed by atoms with Gasteiger partial charge in [0, 0.05) is 29.7 Å². The summed E-state index contributed by atoms with van der Waals surface area (Å²) in [6, 6.07) is 21.1. The number of likely N-dealkylation sites (N-methyl/N-ethyl adjacent to an activating group) is 1. The summed E-state index contributed by atoms with van der Waals surface area (Å²) in [5.41, 5.74) is 5.50. The Labute approximate surface area is 241 Å². The highest BCUT2D eigenvalue weighted by molar-refractivity contribution is 8.18. The molecule has 1 saturated heterocycles. The highest BCUT2D eigenvalue weighted by Gasteiger charge is 2.31. The summed E-state index contributed by atoms with van der Waals surface area (Å²) in [6.07, 6.45) is 1.86. The topological polar surface area (TPSA) is 84.1 Å². The van der Waals surface area contributed by atoms with Crippen molar-refractivity contribution in [2.45, 2.75) is 27.4 Å². The number of benzene rings is 3. The van der Waals surface area contributed by atoms with E-state index in [4.69, 9.17) is 4.74 Å². The molecule has 1 amide bonds. The fraction of sp³-hybridized carbons (Fsp3) is 0.156. The van der Waals surface area contributed by atoms with Crippen LogP contribution in [0.2, 0.25) is 0 Å². The molecule has 0 radical (unpaired) electrons. The van der Waals surface area contributed by atoms with Crippen LogP contribution in [-0.2, 0) is 11.4 Å². The highest BCUT2D eigenvalue weighted by Crippen LogP contribution is 2.35. The van der Waals surface area contributed by atoms with Crippen LogP contribution in [0.25, 0.3) is 11.8 Å². The molecule has 0 saturated carbocycles. The fourth-order valence-corrected chi connectivity index (χ4v) is 5.64. The maximum Gasteiger partial charge on any atom is 0.336 e. The Bertz CT molecular complexity index is 1720. The van der Waals surface area contributed by atoms with Gasteiger partial charge in [-0.15, -0.1) is 0 Å². The molecule has 0 bridgehead atoms. The van der Waals surface area contributed by atoms with Crippen molar-refractivity contribution in [3.05, 3.63) is 117 Å². The van der Waals surface area contributed by atoms with Crippen molar-refractivity contribution in [1.82, 2.24) is 9.47 Å². The summed E-state index contributed by atoms with van der Waals surface area (Å²) in [7, 11) is 1.66. The predicted molar refractivity (Wildman–Crippen MR) is 160 cm³/mol. The lowest BCUT2D eigenvalue weighted by molar-refractivity contribution is -0.121. The first-order chi connectivity index (χ1) is 19.6. The van der Waals surface area contributed by atoms with E-state index in [9.17, 15) is 19.1 Å². The molecule has 1 N–H and O–H groups in total. The second-order valence-electron chi connectivity index (χ2n) is 9.66. The molecule has 1 fully saturated rings. The number of amidine groups is 1. The van der Waals surface area contributed by atoms with Crippen LogP contribution in [0, 0.1) is 26.6 Å². The molecule has 0 spiro atoms. The summed E-state index contributed by atoms with van der Waals surface area (Å²) in [5.74, 6) is -0.861. The Morgan fingerprint density at radius 1 is 1.05 bits per heavy atom. The van der Waals surface area contributed by atoms with E-state index in [-0.39, 0.29) is 23.9 Å². The summed E-state index contributed by atoms with van der Waals surface area (Å²) < 4.78 is 21.8. The lowest BCUT2D eigenvalue weighted by Crippen LogP contribution is -2.23. The van der Waals surface area contributed by atoms with Crippen molar-refractivity contribution in [2.24, 2.45) is 4.99 Å². The standard InChI is InChI=1S/C32H28FN3O4S/c1-19-16-23(17-29-30(37)35(4)32(41-29)34-28-11-7-9-26(20(28)2)31(38)39)21(3)36(19)24-12-14-25(15-13-24)40-18-22-8-5-6-10-27(22)33/h5-17H,18H2,1-4H3,(H,38,39)/b29-17-,34-32?. The van der Waals surface area contributed by atoms with Crippen molar-refractivity contribution >= 4 is 40.6 Å². The van der Waals surface area contributed by atoms with Gasteiger partial charge in [-0.05, 0) is 98.3 Å². The molecule has 3 aromatic carbocycles. The van der Waals surface area contributed by atoms with Gasteiger partial charge in [0.2, 0.25) is 0 Å². The van der Waals surface area contributed by atoms with Gasteiger partial charge in [-0.3, -0.25) is 9.69 Å². The first-order valence-electron chi connectivity index (χ1n) is 12.9. The Kier molecular flexibility index (Phi) is 7.81. The third kappa shape index (κ3) is 5.67. The largest absolute Gasteiger partial charge is 0.489 e. The van der Waals surface area contributed by atoms with Gasteiger partial charge in [0.05, 0.1) is 16.2 Å². The molecular formula is C32H28FN3O4S. The molecule has 0 unspecified atom stereocenters. The van der Waals surface area contributed by atoms with Gasteiger partial charge in [-0.25, -0.2) is 14.2 Å². The normalized spacial score (nSPS) is 15.2. The van der Waals surface area contributed by atoms with E-state index in [0.717, 1.165) is 22.6 Å². The Balaban J connectivity index is 1.37. The minimum atomic E-state index is -1.02. The number of hydrogen-bond acceptors (Lipinski definition) is 5. The molecule has 208 valence electrons. The number of aliphatic imine (C=N–C) groups is 1. The first kappa shape index (κ1) is 27.9. The van der Waals surface area contributed by atoms with Crippen LogP contribution in [0.4, 0.5) is 10.1 Å². The second kappa shape index (κ2) is 11.5. The van der Waals surface area contributed by atoms with E-state index in [1.54, 1.807) is 44.3 Å². The van der Waals surface area contributed by atoms with Crippen LogP contribution < -0.4 is 4.74 Å². The molecule has 1 aliphatic heterocycles.